The van der Waals surface area contributed by atoms with Crippen LogP contribution in [-0.4, -0.2) is 78.8 Å². The molecule has 0 radical (unpaired) electrons. The Morgan fingerprint density at radius 3 is 2.52 bits per heavy atom. The first-order valence-electron chi connectivity index (χ1n) is 14.3. The number of aromatic nitrogens is 1. The van der Waals surface area contributed by atoms with Gasteiger partial charge in [0.25, 0.3) is 5.91 Å². The van der Waals surface area contributed by atoms with Crippen molar-refractivity contribution in [1.29, 1.82) is 5.26 Å². The summed E-state index contributed by atoms with van der Waals surface area (Å²) < 4.78 is 0. The van der Waals surface area contributed by atoms with E-state index >= 15 is 0 Å². The number of hydrogen-bond donors (Lipinski definition) is 5. The molecule has 1 saturated heterocycles. The topological polar surface area (TPSA) is 151 Å². The number of nitriles is 1. The number of nitrogens with one attached hydrogen (secondary N) is 5. The lowest BCUT2D eigenvalue weighted by Gasteiger charge is -2.17. The fourth-order valence-corrected chi connectivity index (χ4v) is 5.04. The zero-order chi connectivity index (χ0) is 30.0. The molecule has 0 spiro atoms. The maximum atomic E-state index is 12.8. The molecule has 1 aliphatic heterocycles. The highest BCUT2D eigenvalue weighted by Crippen LogP contribution is 2.19. The van der Waals surface area contributed by atoms with Crippen LogP contribution in [-0.2, 0) is 16.0 Å². The van der Waals surface area contributed by atoms with Gasteiger partial charge in [0.05, 0.1) is 0 Å². The molecule has 0 saturated carbocycles. The quantitative estimate of drug-likeness (QED) is 0.143. The Labute approximate surface area is 257 Å². The predicted octanol–water partition coefficient (Wildman–Crippen LogP) is 4.09. The van der Waals surface area contributed by atoms with E-state index in [4.69, 9.17) is 0 Å². The number of carbonyl (C=O) groups is 3. The number of rotatable bonds is 16. The molecule has 1 aromatic carbocycles. The normalized spacial score (nSPS) is 14.0. The third kappa shape index (κ3) is 11.8. The first-order valence-corrected chi connectivity index (χ1v) is 15.2. The zero-order valence-electron chi connectivity index (χ0n) is 24.0. The van der Waals surface area contributed by atoms with E-state index in [9.17, 15) is 19.6 Å². The molecule has 1 atom stereocenters. The molecule has 1 aliphatic rings. The van der Waals surface area contributed by atoms with E-state index in [2.05, 4.69) is 36.5 Å². The van der Waals surface area contributed by atoms with Crippen LogP contribution in [0.15, 0.2) is 59.8 Å². The van der Waals surface area contributed by atoms with Crippen LogP contribution in [0.1, 0.15) is 37.5 Å². The Kier molecular flexibility index (Phi) is 14.2. The van der Waals surface area contributed by atoms with Crippen molar-refractivity contribution in [2.75, 3.05) is 56.4 Å². The number of hydrogen-bond acceptors (Lipinski definition) is 8. The van der Waals surface area contributed by atoms with Crippen LogP contribution in [0.3, 0.4) is 0 Å². The number of amides is 4. The molecule has 232 valence electrons. The number of anilines is 2. The average molecular weight is 601 g/mol. The lowest BCUT2D eigenvalue weighted by Crippen LogP contribution is -2.37. The van der Waals surface area contributed by atoms with Crippen LogP contribution in [0, 0.1) is 11.3 Å². The van der Waals surface area contributed by atoms with Gasteiger partial charge in [-0.3, -0.25) is 14.6 Å². The third-order valence-corrected chi connectivity index (χ3v) is 7.61. The second kappa shape index (κ2) is 18.4. The Hall–Kier alpha value is -4.08. The van der Waals surface area contributed by atoms with E-state index < -0.39 is 11.2 Å². The lowest BCUT2D eigenvalue weighted by atomic mass is 10.2. The Morgan fingerprint density at radius 2 is 1.83 bits per heavy atom. The van der Waals surface area contributed by atoms with Crippen LogP contribution in [0.25, 0.3) is 0 Å². The van der Waals surface area contributed by atoms with Crippen molar-refractivity contribution in [3.05, 3.63) is 65.3 Å². The smallest absolute Gasteiger partial charge is 0.319 e. The molecule has 2 aromatic rings. The zero-order valence-corrected chi connectivity index (χ0v) is 24.8. The van der Waals surface area contributed by atoms with Crippen LogP contribution in [0.4, 0.5) is 16.2 Å². The SMILES string of the molecule is CCCNC(=O)C(CNc1ccc(NC(=O)NCCN2CCCC2)cc1)S/C=C(/C#N)C(=O)NCCc1cccnc1.[HH].[HH].[HH].[HH]. The maximum absolute atomic E-state index is 12.8. The number of carbonyl (C=O) groups excluding carboxylic acids is 3. The molecule has 1 aromatic heterocycles. The van der Waals surface area contributed by atoms with Gasteiger partial charge in [0.15, 0.2) is 0 Å². The standard InChI is InChI=1S/C30H40N8O3S.4H2/c1-2-12-33-29(40)27(42-22-24(19-31)28(39)34-14-11-23-6-5-13-32-20-23)21-36-25-7-9-26(10-8-25)37-30(41)35-15-18-38-16-3-4-17-38;;;;/h5-10,13,20,22,27,36H,2-4,11-12,14-18,21H2,1H3,(H,33,40)(H,34,39)(H2,35,37,41);4*1H/b24-22-;;;;. The van der Waals surface area contributed by atoms with E-state index in [1.54, 1.807) is 24.5 Å². The summed E-state index contributed by atoms with van der Waals surface area (Å²) in [5, 5.41) is 25.0. The fraction of sp³-hybridized carbons (Fsp3) is 0.433. The minimum Gasteiger partial charge on any atom is -0.383 e. The lowest BCUT2D eigenvalue weighted by molar-refractivity contribution is -0.120. The number of pyridine rings is 1. The van der Waals surface area contributed by atoms with E-state index in [0.29, 0.717) is 31.7 Å². The molecule has 0 bridgehead atoms. The molecule has 1 unspecified atom stereocenters. The van der Waals surface area contributed by atoms with Gasteiger partial charge in [-0.25, -0.2) is 4.79 Å². The maximum Gasteiger partial charge on any atom is 0.319 e. The molecule has 1 fully saturated rings. The fourth-order valence-electron chi connectivity index (χ4n) is 4.20. The molecule has 3 rings (SSSR count). The minimum atomic E-state index is -0.581. The van der Waals surface area contributed by atoms with Crippen LogP contribution in [0.2, 0.25) is 0 Å². The average Bonchev–Trinajstić information content (AvgIpc) is 3.52. The van der Waals surface area contributed by atoms with Crippen molar-refractivity contribution in [3.8, 4) is 6.07 Å². The van der Waals surface area contributed by atoms with Gasteiger partial charge in [0, 0.05) is 62.2 Å². The number of benzene rings is 1. The summed E-state index contributed by atoms with van der Waals surface area (Å²) in [7, 11) is 0. The molecule has 0 aliphatic carbocycles. The van der Waals surface area contributed by atoms with Gasteiger partial charge in [-0.05, 0) is 80.1 Å². The molecular weight excluding hydrogens is 552 g/mol. The second-order valence-electron chi connectivity index (χ2n) is 9.81. The second-order valence-corrected chi connectivity index (χ2v) is 10.9. The van der Waals surface area contributed by atoms with Crippen LogP contribution < -0.4 is 26.6 Å². The molecule has 5 N–H and O–H groups in total. The molecular formula is C30H48N8O3S. The van der Waals surface area contributed by atoms with Crippen molar-refractivity contribution < 1.29 is 20.1 Å². The largest absolute Gasteiger partial charge is 0.383 e. The van der Waals surface area contributed by atoms with E-state index in [-0.39, 0.29) is 29.8 Å². The van der Waals surface area contributed by atoms with Crippen molar-refractivity contribution in [1.82, 2.24) is 25.8 Å². The summed E-state index contributed by atoms with van der Waals surface area (Å²) in [6, 6.07) is 12.6. The van der Waals surface area contributed by atoms with Gasteiger partial charge in [-0.15, -0.1) is 11.8 Å². The summed E-state index contributed by atoms with van der Waals surface area (Å²) >= 11 is 1.12. The Bertz CT molecular complexity index is 1230. The highest BCUT2D eigenvalue weighted by Gasteiger charge is 2.19. The van der Waals surface area contributed by atoms with E-state index in [1.165, 1.54) is 18.2 Å². The Morgan fingerprint density at radius 1 is 1.07 bits per heavy atom. The van der Waals surface area contributed by atoms with Gasteiger partial charge in [-0.2, -0.15) is 5.26 Å². The third-order valence-electron chi connectivity index (χ3n) is 6.53. The van der Waals surface area contributed by atoms with Crippen LogP contribution >= 0.6 is 11.8 Å². The highest BCUT2D eigenvalue weighted by molar-refractivity contribution is 8.03. The van der Waals surface area contributed by atoms with Gasteiger partial charge < -0.3 is 31.5 Å². The van der Waals surface area contributed by atoms with Crippen molar-refractivity contribution in [3.63, 3.8) is 0 Å². The highest BCUT2D eigenvalue weighted by atomic mass is 32.2. The summed E-state index contributed by atoms with van der Waals surface area (Å²) in [6.07, 6.45) is 7.23. The summed E-state index contributed by atoms with van der Waals surface area (Å²) in [5.41, 5.74) is 2.34. The van der Waals surface area contributed by atoms with E-state index in [1.807, 2.05) is 37.3 Å². The van der Waals surface area contributed by atoms with Crippen molar-refractivity contribution >= 4 is 41.0 Å². The Balaban J connectivity index is 0. The summed E-state index contributed by atoms with van der Waals surface area (Å²) in [6.45, 7) is 6.76. The summed E-state index contributed by atoms with van der Waals surface area (Å²) in [4.78, 5) is 44.0. The number of urea groups is 1. The first-order chi connectivity index (χ1) is 20.5. The minimum absolute atomic E-state index is 0. The van der Waals surface area contributed by atoms with Gasteiger partial charge in [0.2, 0.25) is 5.91 Å². The van der Waals surface area contributed by atoms with Crippen molar-refractivity contribution in [2.24, 2.45) is 0 Å². The van der Waals surface area contributed by atoms with Gasteiger partial charge >= 0.3 is 6.03 Å². The summed E-state index contributed by atoms with van der Waals surface area (Å²) in [5.74, 6) is -0.679. The monoisotopic (exact) mass is 600 g/mol. The predicted molar refractivity (Wildman–Crippen MR) is 175 cm³/mol. The molecule has 4 amide bonds. The first kappa shape index (κ1) is 32.4. The number of nitrogens with zero attached hydrogens (tertiary/aromatic N) is 3. The van der Waals surface area contributed by atoms with E-state index in [0.717, 1.165) is 49.1 Å². The molecule has 2 heterocycles. The van der Waals surface area contributed by atoms with Crippen LogP contribution in [0.5, 0.6) is 0 Å². The molecule has 12 heteroatoms. The molecule has 42 heavy (non-hydrogen) atoms. The van der Waals surface area contributed by atoms with Gasteiger partial charge in [0.1, 0.15) is 16.9 Å². The van der Waals surface area contributed by atoms with Gasteiger partial charge in [-0.1, -0.05) is 13.0 Å². The number of thioether (sulfide) groups is 1. The number of likely N-dealkylation sites (tertiary alicyclic amines) is 1. The molecule has 11 nitrogen and oxygen atoms in total. The van der Waals surface area contributed by atoms with Crippen molar-refractivity contribution in [2.45, 2.75) is 37.9 Å².